The number of carbonyl (C=O) groups excluding carboxylic acids is 1. The highest BCUT2D eigenvalue weighted by molar-refractivity contribution is 5.94. The molecular formula is C15H19F3N2O. The van der Waals surface area contributed by atoms with Gasteiger partial charge < -0.3 is 10.6 Å². The van der Waals surface area contributed by atoms with E-state index in [1.165, 1.54) is 12.1 Å². The van der Waals surface area contributed by atoms with Crippen molar-refractivity contribution < 1.29 is 18.0 Å². The summed E-state index contributed by atoms with van der Waals surface area (Å²) in [5, 5.41) is 0. The van der Waals surface area contributed by atoms with Crippen LogP contribution in [0.2, 0.25) is 0 Å². The smallest absolute Gasteiger partial charge is 0.336 e. The van der Waals surface area contributed by atoms with Gasteiger partial charge in [0.2, 0.25) is 0 Å². The number of alkyl halides is 3. The second-order valence-electron chi connectivity index (χ2n) is 5.30. The lowest BCUT2D eigenvalue weighted by atomic mass is 10.1. The highest BCUT2D eigenvalue weighted by Crippen LogP contribution is 2.30. The van der Waals surface area contributed by atoms with Gasteiger partial charge in [-0.1, -0.05) is 6.07 Å². The van der Waals surface area contributed by atoms with Gasteiger partial charge in [-0.15, -0.1) is 0 Å². The third kappa shape index (κ3) is 3.75. The Morgan fingerprint density at radius 2 is 2.14 bits per heavy atom. The van der Waals surface area contributed by atoms with Crippen molar-refractivity contribution in [3.05, 3.63) is 35.4 Å². The van der Waals surface area contributed by atoms with Crippen molar-refractivity contribution in [2.75, 3.05) is 13.1 Å². The van der Waals surface area contributed by atoms with Gasteiger partial charge in [-0.05, 0) is 50.4 Å². The fraction of sp³-hybridized carbons (Fsp3) is 0.533. The van der Waals surface area contributed by atoms with E-state index in [1.54, 1.807) is 4.90 Å². The largest absolute Gasteiger partial charge is 0.416 e. The number of benzene rings is 1. The summed E-state index contributed by atoms with van der Waals surface area (Å²) in [7, 11) is 0. The molecule has 3 nitrogen and oxygen atoms in total. The quantitative estimate of drug-likeness (QED) is 0.929. The maximum atomic E-state index is 12.7. The van der Waals surface area contributed by atoms with Gasteiger partial charge in [0.25, 0.3) is 5.91 Å². The van der Waals surface area contributed by atoms with E-state index in [1.807, 2.05) is 0 Å². The fourth-order valence-corrected chi connectivity index (χ4v) is 2.75. The molecule has 0 saturated carbocycles. The maximum Gasteiger partial charge on any atom is 0.416 e. The number of halogens is 3. The van der Waals surface area contributed by atoms with Gasteiger partial charge in [-0.2, -0.15) is 13.2 Å². The Morgan fingerprint density at radius 3 is 2.81 bits per heavy atom. The predicted octanol–water partition coefficient (Wildman–Crippen LogP) is 3.05. The summed E-state index contributed by atoms with van der Waals surface area (Å²) in [5.74, 6) is -0.319. The average Bonchev–Trinajstić information content (AvgIpc) is 2.92. The third-order valence-corrected chi connectivity index (χ3v) is 3.82. The van der Waals surface area contributed by atoms with E-state index in [4.69, 9.17) is 5.73 Å². The normalized spacial score (nSPS) is 19.0. The number of amides is 1. The van der Waals surface area contributed by atoms with Gasteiger partial charge in [0, 0.05) is 18.2 Å². The highest BCUT2D eigenvalue weighted by Gasteiger charge is 2.33. The fourth-order valence-electron chi connectivity index (χ4n) is 2.75. The van der Waals surface area contributed by atoms with Gasteiger partial charge in [0.15, 0.2) is 0 Å². The first kappa shape index (κ1) is 15.8. The maximum absolute atomic E-state index is 12.7. The minimum Gasteiger partial charge on any atom is -0.336 e. The van der Waals surface area contributed by atoms with Gasteiger partial charge in [-0.3, -0.25) is 4.79 Å². The van der Waals surface area contributed by atoms with E-state index in [2.05, 4.69) is 0 Å². The standard InChI is InChI=1S/C15H19F3N2O/c16-15(17,18)12-5-1-4-11(10-12)14(21)20-9-3-7-13(20)6-2-8-19/h1,4-5,10,13H,2-3,6-9,19H2. The molecule has 1 aromatic rings. The van der Waals surface area contributed by atoms with Crippen molar-refractivity contribution in [3.63, 3.8) is 0 Å². The van der Waals surface area contributed by atoms with Crippen molar-refractivity contribution in [2.24, 2.45) is 5.73 Å². The summed E-state index contributed by atoms with van der Waals surface area (Å²) in [6.45, 7) is 1.16. The highest BCUT2D eigenvalue weighted by atomic mass is 19.4. The van der Waals surface area contributed by atoms with Crippen LogP contribution in [-0.4, -0.2) is 29.9 Å². The Morgan fingerprint density at radius 1 is 1.38 bits per heavy atom. The van der Waals surface area contributed by atoms with Crippen LogP contribution in [-0.2, 0) is 6.18 Å². The molecule has 0 bridgehead atoms. The molecule has 2 rings (SSSR count). The number of likely N-dealkylation sites (tertiary alicyclic amines) is 1. The summed E-state index contributed by atoms with van der Waals surface area (Å²) in [5.41, 5.74) is 4.79. The Kier molecular flexibility index (Phi) is 4.88. The lowest BCUT2D eigenvalue weighted by molar-refractivity contribution is -0.137. The Balaban J connectivity index is 2.16. The average molecular weight is 300 g/mol. The number of carbonyl (C=O) groups is 1. The van der Waals surface area contributed by atoms with Gasteiger partial charge in [0.05, 0.1) is 5.56 Å². The van der Waals surface area contributed by atoms with Crippen molar-refractivity contribution in [1.29, 1.82) is 0 Å². The molecule has 0 spiro atoms. The zero-order valence-corrected chi connectivity index (χ0v) is 11.7. The van der Waals surface area contributed by atoms with Gasteiger partial charge in [0.1, 0.15) is 0 Å². The van der Waals surface area contributed by atoms with Crippen LogP contribution in [0.5, 0.6) is 0 Å². The van der Waals surface area contributed by atoms with E-state index in [0.717, 1.165) is 37.8 Å². The van der Waals surface area contributed by atoms with Crippen LogP contribution < -0.4 is 5.73 Å². The van der Waals surface area contributed by atoms with E-state index in [-0.39, 0.29) is 17.5 Å². The minimum absolute atomic E-state index is 0.0931. The Labute approximate surface area is 121 Å². The molecule has 1 fully saturated rings. The predicted molar refractivity (Wildman–Crippen MR) is 73.8 cm³/mol. The lowest BCUT2D eigenvalue weighted by Crippen LogP contribution is -2.35. The first-order valence-corrected chi connectivity index (χ1v) is 7.12. The van der Waals surface area contributed by atoms with Crippen molar-refractivity contribution in [2.45, 2.75) is 37.9 Å². The first-order chi connectivity index (χ1) is 9.93. The molecule has 1 aliphatic heterocycles. The van der Waals surface area contributed by atoms with Crippen LogP contribution in [0.3, 0.4) is 0 Å². The van der Waals surface area contributed by atoms with E-state index >= 15 is 0 Å². The SMILES string of the molecule is NCCCC1CCCN1C(=O)c1cccc(C(F)(F)F)c1. The minimum atomic E-state index is -4.43. The monoisotopic (exact) mass is 300 g/mol. The van der Waals surface area contributed by atoms with Crippen LogP contribution >= 0.6 is 0 Å². The van der Waals surface area contributed by atoms with Crippen molar-refractivity contribution in [3.8, 4) is 0 Å². The molecular weight excluding hydrogens is 281 g/mol. The molecule has 1 heterocycles. The molecule has 1 aromatic carbocycles. The molecule has 1 amide bonds. The van der Waals surface area contributed by atoms with Gasteiger partial charge in [-0.25, -0.2) is 0 Å². The van der Waals surface area contributed by atoms with Crippen LogP contribution in [0, 0.1) is 0 Å². The molecule has 0 aromatic heterocycles. The molecule has 1 atom stereocenters. The number of nitrogens with two attached hydrogens (primary N) is 1. The van der Waals surface area contributed by atoms with E-state index in [0.29, 0.717) is 13.1 Å². The van der Waals surface area contributed by atoms with Crippen LogP contribution in [0.15, 0.2) is 24.3 Å². The van der Waals surface area contributed by atoms with Crippen LogP contribution in [0.25, 0.3) is 0 Å². The van der Waals surface area contributed by atoms with Crippen LogP contribution in [0.4, 0.5) is 13.2 Å². The van der Waals surface area contributed by atoms with Crippen molar-refractivity contribution >= 4 is 5.91 Å². The molecule has 1 saturated heterocycles. The molecule has 6 heteroatoms. The lowest BCUT2D eigenvalue weighted by Gasteiger charge is -2.25. The summed E-state index contributed by atoms with van der Waals surface area (Å²) in [6.07, 6.45) is -1.02. The molecule has 21 heavy (non-hydrogen) atoms. The zero-order chi connectivity index (χ0) is 15.5. The van der Waals surface area contributed by atoms with E-state index in [9.17, 15) is 18.0 Å². The summed E-state index contributed by atoms with van der Waals surface area (Å²) in [6, 6.07) is 4.72. The molecule has 1 aliphatic rings. The second-order valence-corrected chi connectivity index (χ2v) is 5.30. The molecule has 116 valence electrons. The first-order valence-electron chi connectivity index (χ1n) is 7.12. The summed E-state index contributed by atoms with van der Waals surface area (Å²) >= 11 is 0. The Bertz CT molecular complexity index is 502. The molecule has 2 N–H and O–H groups in total. The number of nitrogens with zero attached hydrogens (tertiary/aromatic N) is 1. The van der Waals surface area contributed by atoms with Crippen molar-refractivity contribution in [1.82, 2.24) is 4.90 Å². The Hall–Kier alpha value is -1.56. The number of rotatable bonds is 4. The summed E-state index contributed by atoms with van der Waals surface area (Å²) < 4.78 is 38.1. The molecule has 0 aliphatic carbocycles. The third-order valence-electron chi connectivity index (χ3n) is 3.82. The summed E-state index contributed by atoms with van der Waals surface area (Å²) in [4.78, 5) is 14.1. The molecule has 1 unspecified atom stereocenters. The second kappa shape index (κ2) is 6.47. The number of hydrogen-bond donors (Lipinski definition) is 1. The number of hydrogen-bond acceptors (Lipinski definition) is 2. The molecule has 0 radical (unpaired) electrons. The van der Waals surface area contributed by atoms with Crippen LogP contribution in [0.1, 0.15) is 41.6 Å². The van der Waals surface area contributed by atoms with E-state index < -0.39 is 11.7 Å². The topological polar surface area (TPSA) is 46.3 Å². The van der Waals surface area contributed by atoms with Gasteiger partial charge >= 0.3 is 6.18 Å². The zero-order valence-electron chi connectivity index (χ0n) is 11.7.